The Balaban J connectivity index is 2.00. The second-order valence-electron chi connectivity index (χ2n) is 5.31. The molecule has 0 radical (unpaired) electrons. The van der Waals surface area contributed by atoms with Crippen LogP contribution in [0.5, 0.6) is 5.75 Å². The number of ether oxygens (including phenoxy) is 1. The third-order valence-corrected chi connectivity index (χ3v) is 5.79. The molecule has 2 aromatic rings. The maximum Gasteiger partial charge on any atom is 0.341 e. The van der Waals surface area contributed by atoms with E-state index in [-0.39, 0.29) is 27.5 Å². The Hall–Kier alpha value is -1.56. The highest BCUT2D eigenvalue weighted by molar-refractivity contribution is 7.10. The van der Waals surface area contributed by atoms with E-state index in [9.17, 15) is 9.59 Å². The van der Waals surface area contributed by atoms with Gasteiger partial charge in [-0.1, -0.05) is 23.2 Å². The summed E-state index contributed by atoms with van der Waals surface area (Å²) in [5.41, 5.74) is 2.23. The number of aryl methyl sites for hydroxylation is 1. The zero-order valence-electron chi connectivity index (χ0n) is 12.1. The van der Waals surface area contributed by atoms with Crippen LogP contribution >= 0.6 is 34.5 Å². The van der Waals surface area contributed by atoms with E-state index in [1.54, 1.807) is 17.4 Å². The topological polar surface area (TPSA) is 63.6 Å². The molecule has 1 aliphatic rings. The van der Waals surface area contributed by atoms with Crippen LogP contribution in [0.15, 0.2) is 17.5 Å². The van der Waals surface area contributed by atoms with Crippen molar-refractivity contribution in [2.45, 2.75) is 19.3 Å². The van der Waals surface area contributed by atoms with Gasteiger partial charge < -0.3 is 9.84 Å². The van der Waals surface area contributed by atoms with Crippen LogP contribution in [0.25, 0.3) is 0 Å². The lowest BCUT2D eigenvalue weighted by Gasteiger charge is -2.10. The SMILES string of the molecule is Cc1ccsc1C1Cc2cc(OCC(=O)O)c(Cl)c(Cl)c2C1=O. The highest BCUT2D eigenvalue weighted by atomic mass is 35.5. The molecule has 1 heterocycles. The number of Topliss-reactive ketones (excluding diaryl/α,β-unsaturated/α-hetero) is 1. The summed E-state index contributed by atoms with van der Waals surface area (Å²) in [5.74, 6) is -1.24. The molecule has 0 saturated heterocycles. The summed E-state index contributed by atoms with van der Waals surface area (Å²) in [6, 6.07) is 3.60. The Labute approximate surface area is 146 Å². The average Bonchev–Trinajstić information content (AvgIpc) is 3.05. The van der Waals surface area contributed by atoms with Gasteiger partial charge in [-0.25, -0.2) is 4.79 Å². The molecular weight excluding hydrogens is 359 g/mol. The van der Waals surface area contributed by atoms with Gasteiger partial charge in [0.25, 0.3) is 0 Å². The van der Waals surface area contributed by atoms with Crippen molar-refractivity contribution >= 4 is 46.3 Å². The lowest BCUT2D eigenvalue weighted by molar-refractivity contribution is -0.139. The normalized spacial score (nSPS) is 16.5. The zero-order chi connectivity index (χ0) is 16.7. The standard InChI is InChI=1S/C16H12Cl2O4S/c1-7-2-3-23-16(7)9-4-8-5-10(22-6-11(19)20)13(17)14(18)12(8)15(9)21/h2-3,5,9H,4,6H2,1H3,(H,19,20). The summed E-state index contributed by atoms with van der Waals surface area (Å²) in [6.07, 6.45) is 0.510. The number of carboxylic acid groups (broad SMARTS) is 1. The number of carbonyl (C=O) groups is 2. The van der Waals surface area contributed by atoms with Gasteiger partial charge >= 0.3 is 5.97 Å². The Kier molecular flexibility index (Phi) is 4.36. The Morgan fingerprint density at radius 1 is 1.43 bits per heavy atom. The number of carbonyl (C=O) groups excluding carboxylic acids is 1. The molecule has 1 N–H and O–H groups in total. The summed E-state index contributed by atoms with van der Waals surface area (Å²) in [7, 11) is 0. The van der Waals surface area contributed by atoms with Gasteiger partial charge in [0.05, 0.1) is 10.9 Å². The van der Waals surface area contributed by atoms with Crippen molar-refractivity contribution < 1.29 is 19.4 Å². The first-order valence-electron chi connectivity index (χ1n) is 6.83. The molecule has 0 fully saturated rings. The van der Waals surface area contributed by atoms with Gasteiger partial charge in [0.1, 0.15) is 10.8 Å². The number of carboxylic acids is 1. The number of aliphatic carboxylic acids is 1. The first-order chi connectivity index (χ1) is 10.9. The molecule has 0 bridgehead atoms. The molecule has 0 spiro atoms. The van der Waals surface area contributed by atoms with E-state index in [4.69, 9.17) is 33.0 Å². The monoisotopic (exact) mass is 370 g/mol. The number of ketones is 1. The summed E-state index contributed by atoms with van der Waals surface area (Å²) in [4.78, 5) is 24.4. The third kappa shape index (κ3) is 2.84. The predicted octanol–water partition coefficient (Wildman–Crippen LogP) is 4.35. The quantitative estimate of drug-likeness (QED) is 0.868. The van der Waals surface area contributed by atoms with E-state index in [1.165, 1.54) is 0 Å². The van der Waals surface area contributed by atoms with E-state index in [0.29, 0.717) is 12.0 Å². The van der Waals surface area contributed by atoms with Crippen LogP contribution in [0.3, 0.4) is 0 Å². The Bertz CT molecular complexity index is 813. The van der Waals surface area contributed by atoms with E-state index >= 15 is 0 Å². The number of hydrogen-bond donors (Lipinski definition) is 1. The first-order valence-corrected chi connectivity index (χ1v) is 8.47. The smallest absolute Gasteiger partial charge is 0.341 e. The molecule has 7 heteroatoms. The zero-order valence-corrected chi connectivity index (χ0v) is 14.4. The first kappa shape index (κ1) is 16.3. The molecule has 0 saturated carbocycles. The van der Waals surface area contributed by atoms with Crippen LogP contribution < -0.4 is 4.74 Å². The minimum absolute atomic E-state index is 0.0535. The van der Waals surface area contributed by atoms with Crippen molar-refractivity contribution in [3.63, 3.8) is 0 Å². The Morgan fingerprint density at radius 2 is 2.17 bits per heavy atom. The lowest BCUT2D eigenvalue weighted by atomic mass is 10.0. The van der Waals surface area contributed by atoms with Crippen molar-refractivity contribution in [1.82, 2.24) is 0 Å². The highest BCUT2D eigenvalue weighted by Gasteiger charge is 2.36. The molecular formula is C16H12Cl2O4S. The molecule has 1 aromatic carbocycles. The summed E-state index contributed by atoms with van der Waals surface area (Å²) >= 11 is 13.9. The van der Waals surface area contributed by atoms with E-state index in [2.05, 4.69) is 0 Å². The molecule has 120 valence electrons. The minimum atomic E-state index is -1.11. The van der Waals surface area contributed by atoms with Crippen LogP contribution in [0.2, 0.25) is 10.0 Å². The van der Waals surface area contributed by atoms with Crippen molar-refractivity contribution in [3.05, 3.63) is 49.1 Å². The summed E-state index contributed by atoms with van der Waals surface area (Å²) in [6.45, 7) is 1.45. The van der Waals surface area contributed by atoms with Gasteiger partial charge in [0.2, 0.25) is 0 Å². The number of rotatable bonds is 4. The maximum absolute atomic E-state index is 12.7. The molecule has 4 nitrogen and oxygen atoms in total. The Morgan fingerprint density at radius 3 is 2.78 bits per heavy atom. The number of thiophene rings is 1. The minimum Gasteiger partial charge on any atom is -0.480 e. The van der Waals surface area contributed by atoms with Gasteiger partial charge in [-0.2, -0.15) is 0 Å². The predicted molar refractivity (Wildman–Crippen MR) is 89.4 cm³/mol. The average molecular weight is 371 g/mol. The van der Waals surface area contributed by atoms with Crippen LogP contribution in [-0.4, -0.2) is 23.5 Å². The van der Waals surface area contributed by atoms with E-state index in [1.807, 2.05) is 18.4 Å². The maximum atomic E-state index is 12.7. The molecule has 3 rings (SSSR count). The fourth-order valence-corrected chi connectivity index (χ4v) is 4.30. The van der Waals surface area contributed by atoms with Crippen LogP contribution in [-0.2, 0) is 11.2 Å². The molecule has 23 heavy (non-hydrogen) atoms. The number of hydrogen-bond acceptors (Lipinski definition) is 4. The van der Waals surface area contributed by atoms with Gasteiger partial charge in [0.15, 0.2) is 12.4 Å². The van der Waals surface area contributed by atoms with Gasteiger partial charge in [0, 0.05) is 10.4 Å². The summed E-state index contributed by atoms with van der Waals surface area (Å²) in [5, 5.41) is 10.9. The lowest BCUT2D eigenvalue weighted by Crippen LogP contribution is -2.10. The second kappa shape index (κ2) is 6.15. The highest BCUT2D eigenvalue weighted by Crippen LogP contribution is 2.45. The van der Waals surface area contributed by atoms with Crippen LogP contribution in [0, 0.1) is 6.92 Å². The molecule has 0 amide bonds. The molecule has 1 aromatic heterocycles. The number of fused-ring (bicyclic) bond motifs is 1. The van der Waals surface area contributed by atoms with Crippen molar-refractivity contribution in [2.75, 3.05) is 6.61 Å². The summed E-state index contributed by atoms with van der Waals surface area (Å²) < 4.78 is 5.16. The molecule has 1 unspecified atom stereocenters. The van der Waals surface area contributed by atoms with Gasteiger partial charge in [-0.3, -0.25) is 4.79 Å². The van der Waals surface area contributed by atoms with Gasteiger partial charge in [-0.05, 0) is 42.0 Å². The second-order valence-corrected chi connectivity index (χ2v) is 7.01. The molecule has 1 aliphatic carbocycles. The van der Waals surface area contributed by atoms with E-state index < -0.39 is 12.6 Å². The van der Waals surface area contributed by atoms with Crippen molar-refractivity contribution in [2.24, 2.45) is 0 Å². The largest absolute Gasteiger partial charge is 0.480 e. The third-order valence-electron chi connectivity index (χ3n) is 3.81. The number of halogens is 2. The van der Waals surface area contributed by atoms with E-state index in [0.717, 1.165) is 16.0 Å². The van der Waals surface area contributed by atoms with Gasteiger partial charge in [-0.15, -0.1) is 11.3 Å². The molecule has 1 atom stereocenters. The fourth-order valence-electron chi connectivity index (χ4n) is 2.76. The van der Waals surface area contributed by atoms with Crippen LogP contribution in [0.4, 0.5) is 0 Å². The van der Waals surface area contributed by atoms with Crippen molar-refractivity contribution in [1.29, 1.82) is 0 Å². The number of benzene rings is 1. The fraction of sp³-hybridized carbons (Fsp3) is 0.250. The van der Waals surface area contributed by atoms with Crippen molar-refractivity contribution in [3.8, 4) is 5.75 Å². The molecule has 0 aliphatic heterocycles. The van der Waals surface area contributed by atoms with Crippen LogP contribution in [0.1, 0.15) is 32.3 Å².